The van der Waals surface area contributed by atoms with Gasteiger partial charge in [-0.25, -0.2) is 0 Å². The third-order valence-corrected chi connectivity index (χ3v) is 4.93. The van der Waals surface area contributed by atoms with Crippen LogP contribution in [-0.4, -0.2) is 46.7 Å². The fourth-order valence-electron chi connectivity index (χ4n) is 3.42. The molecule has 0 aliphatic rings. The molecule has 0 fully saturated rings. The first-order chi connectivity index (χ1) is 14.4. The Bertz CT molecular complexity index is 893. The van der Waals surface area contributed by atoms with Gasteiger partial charge in [-0.05, 0) is 90.4 Å². The highest BCUT2D eigenvalue weighted by Crippen LogP contribution is 2.28. The first-order valence-corrected chi connectivity index (χ1v) is 9.95. The second kappa shape index (κ2) is 11.5. The zero-order valence-corrected chi connectivity index (χ0v) is 17.9. The fourth-order valence-corrected chi connectivity index (χ4v) is 3.42. The van der Waals surface area contributed by atoms with Crippen molar-refractivity contribution in [3.8, 4) is 5.75 Å². The first kappa shape index (κ1) is 23.5. The summed E-state index contributed by atoms with van der Waals surface area (Å²) in [5.74, 6) is 0.303. The predicted molar refractivity (Wildman–Crippen MR) is 121 cm³/mol. The molecule has 0 spiro atoms. The summed E-state index contributed by atoms with van der Waals surface area (Å²) in [5.41, 5.74) is 5.63. The molecule has 0 saturated heterocycles. The summed E-state index contributed by atoms with van der Waals surface area (Å²) in [6.45, 7) is 7.81. The Labute approximate surface area is 178 Å². The molecule has 3 N–H and O–H groups in total. The molecule has 5 nitrogen and oxygen atoms in total. The largest absolute Gasteiger partial charge is 0.507 e. The van der Waals surface area contributed by atoms with Crippen molar-refractivity contribution in [1.82, 2.24) is 4.98 Å². The van der Waals surface area contributed by atoms with Gasteiger partial charge >= 0.3 is 0 Å². The molecule has 1 heterocycles. The second-order valence-corrected chi connectivity index (χ2v) is 7.32. The molecular formula is C25H31NO4. The van der Waals surface area contributed by atoms with E-state index in [1.54, 1.807) is 19.4 Å². The Balaban J connectivity index is 2.31. The lowest BCUT2D eigenvalue weighted by Gasteiger charge is -2.18. The lowest BCUT2D eigenvalue weighted by Crippen LogP contribution is -2.15. The molecule has 1 atom stereocenters. The Morgan fingerprint density at radius 3 is 2.50 bits per heavy atom. The van der Waals surface area contributed by atoms with Crippen molar-refractivity contribution in [2.24, 2.45) is 0 Å². The summed E-state index contributed by atoms with van der Waals surface area (Å²) >= 11 is 0. The minimum Gasteiger partial charge on any atom is -0.507 e. The molecule has 1 unspecified atom stereocenters. The Morgan fingerprint density at radius 1 is 1.23 bits per heavy atom. The summed E-state index contributed by atoms with van der Waals surface area (Å²) in [7, 11) is 1.57. The number of phenolic OH excluding ortho intramolecular Hbond substituents is 1. The van der Waals surface area contributed by atoms with E-state index in [0.29, 0.717) is 29.7 Å². The third-order valence-electron chi connectivity index (χ3n) is 4.93. The van der Waals surface area contributed by atoms with Gasteiger partial charge in [0.05, 0.1) is 25.0 Å². The van der Waals surface area contributed by atoms with Crippen LogP contribution in [0, 0.1) is 13.8 Å². The van der Waals surface area contributed by atoms with E-state index < -0.39 is 6.10 Å². The van der Waals surface area contributed by atoms with Crippen LogP contribution in [0.2, 0.25) is 0 Å². The number of aryl methyl sites for hydroxylation is 2. The van der Waals surface area contributed by atoms with Gasteiger partial charge in [0.25, 0.3) is 0 Å². The fraction of sp³-hybridized carbons (Fsp3) is 0.320. The number of rotatable bonds is 10. The number of benzene rings is 1. The van der Waals surface area contributed by atoms with Gasteiger partial charge in [-0.15, -0.1) is 0 Å². The van der Waals surface area contributed by atoms with Crippen molar-refractivity contribution >= 4 is 11.6 Å². The second-order valence-electron chi connectivity index (χ2n) is 7.32. The van der Waals surface area contributed by atoms with Crippen LogP contribution in [0.5, 0.6) is 5.75 Å². The van der Waals surface area contributed by atoms with Crippen molar-refractivity contribution < 1.29 is 20.1 Å². The Kier molecular flexibility index (Phi) is 8.99. The maximum atomic E-state index is 10.7. The molecule has 0 aliphatic heterocycles. The highest BCUT2D eigenvalue weighted by Gasteiger charge is 2.16. The number of hydrogen-bond donors (Lipinski definition) is 3. The molecule has 0 bridgehead atoms. The van der Waals surface area contributed by atoms with E-state index in [2.05, 4.69) is 11.6 Å². The Morgan fingerprint density at radius 2 is 1.93 bits per heavy atom. The van der Waals surface area contributed by atoms with Crippen LogP contribution in [0.4, 0.5) is 0 Å². The van der Waals surface area contributed by atoms with E-state index in [9.17, 15) is 15.3 Å². The van der Waals surface area contributed by atoms with E-state index in [0.717, 1.165) is 28.0 Å². The van der Waals surface area contributed by atoms with Gasteiger partial charge in [0, 0.05) is 13.3 Å². The normalized spacial score (nSPS) is 13.4. The number of phenols is 1. The third kappa shape index (κ3) is 6.39. The molecule has 160 valence electrons. The van der Waals surface area contributed by atoms with E-state index in [1.165, 1.54) is 0 Å². The molecule has 1 aromatic heterocycles. The summed E-state index contributed by atoms with van der Waals surface area (Å²) < 4.78 is 5.11. The molecule has 30 heavy (non-hydrogen) atoms. The Hall–Kier alpha value is -2.73. The molecule has 0 aliphatic carbocycles. The highest BCUT2D eigenvalue weighted by atomic mass is 16.5. The van der Waals surface area contributed by atoms with Gasteiger partial charge in [-0.2, -0.15) is 0 Å². The zero-order valence-electron chi connectivity index (χ0n) is 17.9. The van der Waals surface area contributed by atoms with Gasteiger partial charge < -0.3 is 20.1 Å². The summed E-state index contributed by atoms with van der Waals surface area (Å²) in [4.78, 5) is 4.47. The lowest BCUT2D eigenvalue weighted by molar-refractivity contribution is 0.191. The van der Waals surface area contributed by atoms with Gasteiger partial charge in [-0.3, -0.25) is 4.98 Å². The van der Waals surface area contributed by atoms with Crippen LogP contribution in [0.1, 0.15) is 35.2 Å². The maximum Gasteiger partial charge on any atom is 0.121 e. The number of nitrogens with zero attached hydrogens (tertiary/aromatic N) is 1. The topological polar surface area (TPSA) is 82.8 Å². The van der Waals surface area contributed by atoms with Crippen LogP contribution in [0.25, 0.3) is 11.6 Å². The van der Waals surface area contributed by atoms with E-state index in [-0.39, 0.29) is 13.2 Å². The van der Waals surface area contributed by atoms with Crippen molar-refractivity contribution in [2.45, 2.75) is 32.8 Å². The molecule has 0 saturated carbocycles. The van der Waals surface area contributed by atoms with Crippen molar-refractivity contribution in [2.75, 3.05) is 20.3 Å². The van der Waals surface area contributed by atoms with E-state index >= 15 is 0 Å². The van der Waals surface area contributed by atoms with Crippen LogP contribution in [0.3, 0.4) is 0 Å². The summed E-state index contributed by atoms with van der Waals surface area (Å²) in [6, 6.07) is 9.59. The van der Waals surface area contributed by atoms with Gasteiger partial charge in [0.1, 0.15) is 5.75 Å². The molecule has 0 amide bonds. The quantitative estimate of drug-likeness (QED) is 0.512. The summed E-state index contributed by atoms with van der Waals surface area (Å²) in [5, 5.41) is 30.1. The summed E-state index contributed by atoms with van der Waals surface area (Å²) in [6.07, 6.45) is 5.57. The monoisotopic (exact) mass is 409 g/mol. The molecular weight excluding hydrogens is 378 g/mol. The minimum absolute atomic E-state index is 0.176. The number of aromatic hydroxyl groups is 1. The van der Waals surface area contributed by atoms with Crippen molar-refractivity contribution in [3.63, 3.8) is 0 Å². The SMILES string of the molecule is C=C(COC)/C(=C/CO)C(O)CC/C(=C/c1cc(C)c(O)c(C)c1)c1ccccn1. The van der Waals surface area contributed by atoms with E-state index in [1.807, 2.05) is 50.3 Å². The number of hydrogen-bond acceptors (Lipinski definition) is 5. The van der Waals surface area contributed by atoms with E-state index in [4.69, 9.17) is 4.74 Å². The first-order valence-electron chi connectivity index (χ1n) is 9.95. The zero-order chi connectivity index (χ0) is 22.1. The maximum absolute atomic E-state index is 10.7. The number of ether oxygens (including phenoxy) is 1. The number of aliphatic hydroxyl groups excluding tert-OH is 2. The molecule has 0 radical (unpaired) electrons. The number of aliphatic hydroxyl groups is 2. The number of methoxy groups -OCH3 is 1. The van der Waals surface area contributed by atoms with Gasteiger partial charge in [-0.1, -0.05) is 18.7 Å². The van der Waals surface area contributed by atoms with Gasteiger partial charge in [0.15, 0.2) is 0 Å². The predicted octanol–water partition coefficient (Wildman–Crippen LogP) is 4.21. The molecule has 1 aromatic carbocycles. The highest BCUT2D eigenvalue weighted by molar-refractivity contribution is 5.80. The smallest absolute Gasteiger partial charge is 0.121 e. The standard InChI is InChI=1S/C25H31NO4/c1-17-13-20(14-18(2)25(17)29)15-21(23-7-5-6-11-26-23)8-9-24(28)22(10-12-27)19(3)16-30-4/h5-7,10-11,13-15,24,27-29H,3,8-9,12,16H2,1-2,4H3/b21-15-,22-10-. The molecule has 5 heteroatoms. The van der Waals surface area contributed by atoms with Crippen LogP contribution in [-0.2, 0) is 4.74 Å². The number of pyridine rings is 1. The average Bonchev–Trinajstić information content (AvgIpc) is 2.73. The lowest BCUT2D eigenvalue weighted by atomic mass is 9.94. The number of aromatic nitrogens is 1. The van der Waals surface area contributed by atoms with Gasteiger partial charge in [0.2, 0.25) is 0 Å². The van der Waals surface area contributed by atoms with Crippen LogP contribution < -0.4 is 0 Å². The van der Waals surface area contributed by atoms with Crippen LogP contribution >= 0.6 is 0 Å². The van der Waals surface area contributed by atoms with Crippen molar-refractivity contribution in [1.29, 1.82) is 0 Å². The number of allylic oxidation sites excluding steroid dienone is 1. The molecule has 2 rings (SSSR count). The average molecular weight is 410 g/mol. The van der Waals surface area contributed by atoms with Crippen LogP contribution in [0.15, 0.2) is 60.3 Å². The van der Waals surface area contributed by atoms with Crippen molar-refractivity contribution in [3.05, 3.63) is 82.7 Å². The minimum atomic E-state index is -0.782. The molecule has 2 aromatic rings.